The molecular weight excluding hydrogens is 461 g/mol. The van der Waals surface area contributed by atoms with Gasteiger partial charge in [-0.25, -0.2) is 9.37 Å². The van der Waals surface area contributed by atoms with Crippen molar-refractivity contribution in [3.63, 3.8) is 0 Å². The smallest absolute Gasteiger partial charge is 0.301 e. The fourth-order valence-electron chi connectivity index (χ4n) is 3.42. The van der Waals surface area contributed by atoms with Crippen LogP contribution in [0.4, 0.5) is 21.5 Å². The van der Waals surface area contributed by atoms with Crippen molar-refractivity contribution < 1.29 is 17.5 Å². The molecule has 2 aromatic carbocycles. The molecule has 3 aromatic rings. The highest BCUT2D eigenvalue weighted by Gasteiger charge is 2.36. The van der Waals surface area contributed by atoms with E-state index in [-0.39, 0.29) is 41.2 Å². The van der Waals surface area contributed by atoms with Crippen molar-refractivity contribution in [2.45, 2.75) is 13.0 Å². The number of hydrogen-bond donors (Lipinski definition) is 2. The van der Waals surface area contributed by atoms with Gasteiger partial charge in [-0.3, -0.25) is 9.52 Å². The fraction of sp³-hybridized carbons (Fsp3) is 0.300. The quantitative estimate of drug-likeness (QED) is 0.561. The molecule has 0 bridgehead atoms. The van der Waals surface area contributed by atoms with Crippen molar-refractivity contribution in [1.29, 1.82) is 0 Å². The molecule has 0 unspecified atom stereocenters. The van der Waals surface area contributed by atoms with E-state index in [0.29, 0.717) is 22.2 Å². The number of aromatic nitrogens is 2. The van der Waals surface area contributed by atoms with Gasteiger partial charge in [0.05, 0.1) is 39.7 Å². The number of ether oxygens (including phenoxy) is 1. The van der Waals surface area contributed by atoms with E-state index in [9.17, 15) is 17.6 Å². The van der Waals surface area contributed by atoms with Gasteiger partial charge < -0.3 is 14.6 Å². The molecule has 0 radical (unpaired) electrons. The first-order chi connectivity index (χ1) is 15.1. The van der Waals surface area contributed by atoms with Crippen LogP contribution in [-0.4, -0.2) is 48.6 Å². The van der Waals surface area contributed by atoms with Crippen LogP contribution in [0.1, 0.15) is 5.56 Å². The lowest BCUT2D eigenvalue weighted by atomic mass is 10.1. The molecule has 1 fully saturated rings. The minimum Gasteiger partial charge on any atom is -0.379 e. The maximum Gasteiger partial charge on any atom is 0.301 e. The van der Waals surface area contributed by atoms with Crippen LogP contribution >= 0.6 is 11.6 Å². The van der Waals surface area contributed by atoms with Gasteiger partial charge in [0.15, 0.2) is 0 Å². The molecule has 2 N–H and O–H groups in total. The molecule has 0 atom stereocenters. The molecule has 1 saturated heterocycles. The van der Waals surface area contributed by atoms with Crippen LogP contribution in [-0.2, 0) is 22.0 Å². The van der Waals surface area contributed by atoms with Gasteiger partial charge >= 0.3 is 10.2 Å². The number of methoxy groups -OCH3 is 1. The molecule has 0 saturated carbocycles. The van der Waals surface area contributed by atoms with E-state index in [2.05, 4.69) is 15.0 Å². The zero-order chi connectivity index (χ0) is 23.2. The molecule has 32 heavy (non-hydrogen) atoms. The van der Waals surface area contributed by atoms with E-state index in [0.717, 1.165) is 6.07 Å². The van der Waals surface area contributed by atoms with Crippen LogP contribution in [0.15, 0.2) is 35.4 Å². The third-order valence-corrected chi connectivity index (χ3v) is 7.27. The van der Waals surface area contributed by atoms with E-state index in [1.165, 1.54) is 28.4 Å². The summed E-state index contributed by atoms with van der Waals surface area (Å²) in [5, 5.41) is 3.14. The highest BCUT2D eigenvalue weighted by atomic mass is 35.5. The van der Waals surface area contributed by atoms with Gasteiger partial charge in [0.25, 0.3) is 5.56 Å². The van der Waals surface area contributed by atoms with E-state index < -0.39 is 16.0 Å². The van der Waals surface area contributed by atoms with Gasteiger partial charge in [-0.2, -0.15) is 12.7 Å². The second-order valence-electron chi connectivity index (χ2n) is 7.48. The Hall–Kier alpha value is -2.73. The molecule has 1 aliphatic rings. The second-order valence-corrected chi connectivity index (χ2v) is 9.53. The van der Waals surface area contributed by atoms with Crippen LogP contribution in [0.3, 0.4) is 0 Å². The van der Waals surface area contributed by atoms with Crippen LogP contribution in [0, 0.1) is 12.7 Å². The summed E-state index contributed by atoms with van der Waals surface area (Å²) < 4.78 is 49.8. The minimum atomic E-state index is -3.88. The van der Waals surface area contributed by atoms with Gasteiger partial charge in [-0.15, -0.1) is 0 Å². The van der Waals surface area contributed by atoms with Gasteiger partial charge in [-0.1, -0.05) is 11.6 Å². The largest absolute Gasteiger partial charge is 0.379 e. The number of anilines is 3. The summed E-state index contributed by atoms with van der Waals surface area (Å²) in [6, 6.07) is 5.65. The van der Waals surface area contributed by atoms with E-state index >= 15 is 0 Å². The summed E-state index contributed by atoms with van der Waals surface area (Å²) in [5.74, 6) is -0.681. The van der Waals surface area contributed by atoms with Crippen molar-refractivity contribution in [1.82, 2.24) is 13.9 Å². The third kappa shape index (κ3) is 3.92. The zero-order valence-corrected chi connectivity index (χ0v) is 19.1. The van der Waals surface area contributed by atoms with Crippen molar-refractivity contribution in [3.05, 3.63) is 57.3 Å². The van der Waals surface area contributed by atoms with Crippen molar-refractivity contribution in [2.24, 2.45) is 7.05 Å². The molecule has 12 heteroatoms. The zero-order valence-electron chi connectivity index (χ0n) is 17.5. The predicted octanol–water partition coefficient (Wildman–Crippen LogP) is 2.77. The maximum atomic E-state index is 14.6. The van der Waals surface area contributed by atoms with E-state index in [1.54, 1.807) is 26.1 Å². The Kier molecular flexibility index (Phi) is 5.84. The molecule has 9 nitrogen and oxygen atoms in total. The van der Waals surface area contributed by atoms with Crippen LogP contribution < -0.4 is 15.6 Å². The highest BCUT2D eigenvalue weighted by molar-refractivity contribution is 7.90. The average Bonchev–Trinajstić information content (AvgIpc) is 2.70. The Morgan fingerprint density at radius 1 is 1.22 bits per heavy atom. The number of rotatable bonds is 6. The van der Waals surface area contributed by atoms with Gasteiger partial charge in [-0.05, 0) is 36.8 Å². The molecule has 2 heterocycles. The molecule has 0 amide bonds. The van der Waals surface area contributed by atoms with E-state index in [1.807, 2.05) is 0 Å². The summed E-state index contributed by atoms with van der Waals surface area (Å²) in [7, 11) is -0.774. The summed E-state index contributed by atoms with van der Waals surface area (Å²) in [5.41, 5.74) is 1.17. The Labute approximate surface area is 189 Å². The lowest BCUT2D eigenvalue weighted by molar-refractivity contribution is 0.0128. The number of halogens is 2. The summed E-state index contributed by atoms with van der Waals surface area (Å²) in [6.07, 6.45) is 1.27. The first-order valence-corrected chi connectivity index (χ1v) is 11.4. The average molecular weight is 482 g/mol. The van der Waals surface area contributed by atoms with Crippen LogP contribution in [0.5, 0.6) is 0 Å². The molecule has 1 aromatic heterocycles. The molecular formula is C20H21ClFN5O4S. The summed E-state index contributed by atoms with van der Waals surface area (Å²) in [6.45, 7) is 2.15. The van der Waals surface area contributed by atoms with Crippen LogP contribution in [0.25, 0.3) is 10.9 Å². The number of hydrogen-bond acceptors (Lipinski definition) is 6. The SMILES string of the molecule is COC1CN(S(=O)(=O)Nc2ccc(F)c(Nc3ccc4ncn(C)c(=O)c4c3C)c2Cl)C1. The Morgan fingerprint density at radius 3 is 2.59 bits per heavy atom. The summed E-state index contributed by atoms with van der Waals surface area (Å²) in [4.78, 5) is 16.8. The molecule has 1 aliphatic heterocycles. The lowest BCUT2D eigenvalue weighted by Crippen LogP contribution is -2.55. The third-order valence-electron chi connectivity index (χ3n) is 5.42. The Bertz CT molecular complexity index is 1370. The van der Waals surface area contributed by atoms with Gasteiger partial charge in [0.2, 0.25) is 0 Å². The topological polar surface area (TPSA) is 106 Å². The standard InChI is InChI=1S/C20H21ClFN5O4S/c1-11-14(6-7-15-17(11)20(28)26(2)10-23-15)24-19-13(22)4-5-16(18(19)21)25-32(29,30)27-8-12(9-27)31-3/h4-7,10,12,24-25H,8-9H2,1-3H3. The Morgan fingerprint density at radius 2 is 1.91 bits per heavy atom. The normalized spacial score (nSPS) is 15.0. The number of aryl methyl sites for hydroxylation is 2. The highest BCUT2D eigenvalue weighted by Crippen LogP contribution is 2.37. The molecule has 170 valence electrons. The van der Waals surface area contributed by atoms with Gasteiger partial charge in [0, 0.05) is 32.9 Å². The van der Waals surface area contributed by atoms with Crippen molar-refractivity contribution in [2.75, 3.05) is 30.2 Å². The monoisotopic (exact) mass is 481 g/mol. The van der Waals surface area contributed by atoms with Crippen LogP contribution in [0.2, 0.25) is 5.02 Å². The molecule has 4 rings (SSSR count). The second kappa shape index (κ2) is 8.32. The predicted molar refractivity (Wildman–Crippen MR) is 121 cm³/mol. The number of fused-ring (bicyclic) bond motifs is 1. The lowest BCUT2D eigenvalue weighted by Gasteiger charge is -2.36. The number of nitrogens with zero attached hydrogens (tertiary/aromatic N) is 3. The first kappa shape index (κ1) is 22.5. The van der Waals surface area contributed by atoms with E-state index in [4.69, 9.17) is 16.3 Å². The first-order valence-electron chi connectivity index (χ1n) is 9.63. The molecule has 0 spiro atoms. The number of benzene rings is 2. The maximum absolute atomic E-state index is 14.6. The minimum absolute atomic E-state index is 0.0208. The van der Waals surface area contributed by atoms with Crippen molar-refractivity contribution >= 4 is 49.8 Å². The Balaban J connectivity index is 1.68. The van der Waals surface area contributed by atoms with Crippen molar-refractivity contribution in [3.8, 4) is 0 Å². The fourth-order valence-corrected chi connectivity index (χ4v) is 5.02. The number of nitrogens with one attached hydrogen (secondary N) is 2. The van der Waals surface area contributed by atoms with Gasteiger partial charge in [0.1, 0.15) is 5.82 Å². The summed E-state index contributed by atoms with van der Waals surface area (Å²) >= 11 is 6.37. The molecule has 0 aliphatic carbocycles.